The van der Waals surface area contributed by atoms with Crippen LogP contribution in [0.4, 0.5) is 5.69 Å². The zero-order valence-electron chi connectivity index (χ0n) is 13.7. The van der Waals surface area contributed by atoms with Crippen LogP contribution in [0, 0.1) is 11.8 Å². The highest BCUT2D eigenvalue weighted by molar-refractivity contribution is 7.57. The minimum Gasteiger partial charge on any atom is -0.308 e. The molecule has 0 unspecified atom stereocenters. The van der Waals surface area contributed by atoms with Gasteiger partial charge in [-0.2, -0.15) is 0 Å². The number of nitrogens with zero attached hydrogens (tertiary/aromatic N) is 2. The maximum absolute atomic E-state index is 13.3. The van der Waals surface area contributed by atoms with Crippen LogP contribution in [0.1, 0.15) is 6.92 Å². The van der Waals surface area contributed by atoms with Gasteiger partial charge in [0, 0.05) is 0 Å². The van der Waals surface area contributed by atoms with Crippen LogP contribution in [-0.4, -0.2) is 42.3 Å². The van der Waals surface area contributed by atoms with Gasteiger partial charge in [0.05, 0.1) is 29.3 Å². The number of para-hydroxylation sites is 1. The van der Waals surface area contributed by atoms with Crippen LogP contribution in [0.2, 0.25) is 0 Å². The van der Waals surface area contributed by atoms with Gasteiger partial charge in [0.1, 0.15) is 0 Å². The number of anilines is 1. The van der Waals surface area contributed by atoms with Crippen molar-refractivity contribution in [2.45, 2.75) is 18.7 Å². The van der Waals surface area contributed by atoms with E-state index in [4.69, 9.17) is 4.52 Å². The van der Waals surface area contributed by atoms with E-state index in [0.29, 0.717) is 5.69 Å². The van der Waals surface area contributed by atoms with Crippen LogP contribution in [0.25, 0.3) is 0 Å². The van der Waals surface area contributed by atoms with Crippen LogP contribution < -0.4 is 4.90 Å². The molecule has 4 aliphatic rings. The van der Waals surface area contributed by atoms with E-state index in [0.717, 1.165) is 5.57 Å². The molecule has 1 aromatic carbocycles. The van der Waals surface area contributed by atoms with Crippen molar-refractivity contribution in [3.8, 4) is 0 Å². The Kier molecular flexibility index (Phi) is 3.36. The molecule has 24 heavy (non-hydrogen) atoms. The number of carbonyl (C=O) groups excluding carboxylic acids is 2. The minimum absolute atomic E-state index is 0.261. The van der Waals surface area contributed by atoms with Gasteiger partial charge in [-0.3, -0.25) is 14.2 Å². The molecule has 0 aromatic heterocycles. The summed E-state index contributed by atoms with van der Waals surface area (Å²) in [7, 11) is 0.203. The van der Waals surface area contributed by atoms with E-state index < -0.39 is 31.1 Å². The largest absolute Gasteiger partial charge is 0.308 e. The fraction of sp³-hybridized carbons (Fsp3) is 0.412. The van der Waals surface area contributed by atoms with Crippen molar-refractivity contribution in [2.75, 3.05) is 19.0 Å². The van der Waals surface area contributed by atoms with E-state index >= 15 is 0 Å². The molecule has 3 heterocycles. The summed E-state index contributed by atoms with van der Waals surface area (Å²) >= 11 is 0. The van der Waals surface area contributed by atoms with Crippen molar-refractivity contribution >= 4 is 25.0 Å². The van der Waals surface area contributed by atoms with E-state index in [9.17, 15) is 14.2 Å². The van der Waals surface area contributed by atoms with Crippen molar-refractivity contribution in [2.24, 2.45) is 11.8 Å². The minimum atomic E-state index is -3.18. The first-order valence-electron chi connectivity index (χ1n) is 7.93. The lowest BCUT2D eigenvalue weighted by Crippen LogP contribution is -2.49. The third-order valence-corrected chi connectivity index (χ3v) is 8.06. The summed E-state index contributed by atoms with van der Waals surface area (Å²) in [5, 5.41) is 0. The van der Waals surface area contributed by atoms with Crippen LogP contribution >= 0.6 is 7.52 Å². The Morgan fingerprint density at radius 2 is 1.71 bits per heavy atom. The lowest BCUT2D eigenvalue weighted by molar-refractivity contribution is -0.124. The Hall–Kier alpha value is -1.75. The number of amides is 2. The smallest absolute Gasteiger partial charge is 0.280 e. The van der Waals surface area contributed by atoms with Crippen molar-refractivity contribution < 1.29 is 18.7 Å². The van der Waals surface area contributed by atoms with Gasteiger partial charge >= 0.3 is 0 Å². The molecule has 0 N–H and O–H groups in total. The number of hydrogen-bond donors (Lipinski definition) is 0. The first kappa shape index (κ1) is 15.8. The summed E-state index contributed by atoms with van der Waals surface area (Å²) in [6, 6.07) is 8.89. The zero-order valence-corrected chi connectivity index (χ0v) is 14.6. The van der Waals surface area contributed by atoms with Crippen LogP contribution in [0.3, 0.4) is 0 Å². The number of fused-ring (bicyclic) bond motifs is 1. The Labute approximate surface area is 140 Å². The molecule has 5 rings (SSSR count). The summed E-state index contributed by atoms with van der Waals surface area (Å²) < 4.78 is 20.7. The third-order valence-electron chi connectivity index (χ3n) is 5.19. The van der Waals surface area contributed by atoms with Crippen molar-refractivity contribution in [3.63, 3.8) is 0 Å². The van der Waals surface area contributed by atoms with Gasteiger partial charge in [-0.05, 0) is 38.7 Å². The summed E-state index contributed by atoms with van der Waals surface area (Å²) in [6.45, 7) is 1.87. The lowest BCUT2D eigenvalue weighted by atomic mass is 9.79. The average molecular weight is 346 g/mol. The molecule has 2 fully saturated rings. The summed E-state index contributed by atoms with van der Waals surface area (Å²) in [6.07, 6.45) is 1.27. The number of hydrogen-bond acceptors (Lipinski definition) is 4. The second-order valence-electron chi connectivity index (χ2n) is 6.74. The first-order valence-corrected chi connectivity index (χ1v) is 9.58. The van der Waals surface area contributed by atoms with E-state index in [1.165, 1.54) is 4.90 Å². The summed E-state index contributed by atoms with van der Waals surface area (Å²) in [5.41, 5.74) is 0.858. The quantitative estimate of drug-likeness (QED) is 0.467. The summed E-state index contributed by atoms with van der Waals surface area (Å²) in [4.78, 5) is 27.2. The standard InChI is InChI=1S/C17H19N2O4P/c1-10-9-12-13-14(15(10)23-24(12,22)18(2)3)17(21)19(16(13)20)11-7-5-4-6-8-11/h4-9,12-15H,1-3H3/t12-,13+,14+,15+,24+/m1/s1. The predicted molar refractivity (Wildman–Crippen MR) is 89.6 cm³/mol. The second kappa shape index (κ2) is 5.12. The van der Waals surface area contributed by atoms with Gasteiger partial charge in [-0.1, -0.05) is 24.3 Å². The molecule has 7 heteroatoms. The van der Waals surface area contributed by atoms with Gasteiger partial charge in [0.2, 0.25) is 11.8 Å². The van der Waals surface area contributed by atoms with E-state index in [2.05, 4.69) is 0 Å². The molecule has 2 amide bonds. The molecule has 2 bridgehead atoms. The molecule has 5 atom stereocenters. The predicted octanol–water partition coefficient (Wildman–Crippen LogP) is 2.27. The van der Waals surface area contributed by atoms with E-state index in [1.807, 2.05) is 19.1 Å². The number of carbonyl (C=O) groups is 2. The van der Waals surface area contributed by atoms with Gasteiger partial charge in [0.15, 0.2) is 0 Å². The number of rotatable bonds is 2. The van der Waals surface area contributed by atoms with E-state index in [-0.39, 0.29) is 11.8 Å². The van der Waals surface area contributed by atoms with Crippen molar-refractivity contribution in [3.05, 3.63) is 42.0 Å². The monoisotopic (exact) mass is 346 g/mol. The van der Waals surface area contributed by atoms with E-state index in [1.54, 1.807) is 43.0 Å². The Balaban J connectivity index is 1.82. The fourth-order valence-electron chi connectivity index (χ4n) is 4.01. The maximum atomic E-state index is 13.3. The van der Waals surface area contributed by atoms with Gasteiger partial charge in [-0.25, -0.2) is 9.57 Å². The van der Waals surface area contributed by atoms with Crippen LogP contribution in [-0.2, 0) is 18.7 Å². The van der Waals surface area contributed by atoms with Crippen molar-refractivity contribution in [1.82, 2.24) is 4.67 Å². The topological polar surface area (TPSA) is 66.9 Å². The van der Waals surface area contributed by atoms with Crippen LogP contribution in [0.15, 0.2) is 42.0 Å². The molecule has 2 saturated heterocycles. The van der Waals surface area contributed by atoms with Crippen LogP contribution in [0.5, 0.6) is 0 Å². The first-order chi connectivity index (χ1) is 11.4. The molecule has 0 saturated carbocycles. The highest BCUT2D eigenvalue weighted by Crippen LogP contribution is 2.67. The molecule has 126 valence electrons. The highest BCUT2D eigenvalue weighted by Gasteiger charge is 2.66. The number of benzene rings is 1. The zero-order chi connectivity index (χ0) is 17.2. The van der Waals surface area contributed by atoms with Gasteiger partial charge < -0.3 is 4.52 Å². The van der Waals surface area contributed by atoms with Crippen molar-refractivity contribution in [1.29, 1.82) is 0 Å². The maximum Gasteiger partial charge on any atom is 0.280 e. The SMILES string of the molecule is CC1=C[C@@H]2[C@@H]3C(=O)N(c4ccccc4)C(=O)[C@@H]3[C@H]1O[P@]2(=O)N(C)C. The number of allylic oxidation sites excluding steroid dienone is 1. The number of imide groups is 1. The lowest BCUT2D eigenvalue weighted by Gasteiger charge is -2.47. The highest BCUT2D eigenvalue weighted by atomic mass is 31.2. The molecular formula is C17H19N2O4P. The second-order valence-corrected chi connectivity index (χ2v) is 9.47. The fourth-order valence-corrected chi connectivity index (χ4v) is 6.64. The molecule has 6 nitrogen and oxygen atoms in total. The summed E-state index contributed by atoms with van der Waals surface area (Å²) in [5.74, 6) is -1.74. The van der Waals surface area contributed by atoms with Gasteiger partial charge in [0.25, 0.3) is 7.52 Å². The third kappa shape index (κ3) is 1.88. The molecule has 0 radical (unpaired) electrons. The Morgan fingerprint density at radius 3 is 2.33 bits per heavy atom. The Morgan fingerprint density at radius 1 is 1.08 bits per heavy atom. The average Bonchev–Trinajstić information content (AvgIpc) is 2.82. The van der Waals surface area contributed by atoms with Gasteiger partial charge in [-0.15, -0.1) is 0 Å². The Bertz CT molecular complexity index is 804. The molecule has 3 aliphatic heterocycles. The molecule has 0 spiro atoms. The molecular weight excluding hydrogens is 327 g/mol. The molecule has 1 aliphatic carbocycles. The molecule has 1 aromatic rings. The normalized spacial score (nSPS) is 37.8.